The molecule has 3 rings (SSSR count). The van der Waals surface area contributed by atoms with E-state index in [1.54, 1.807) is 4.90 Å². The first-order valence-corrected chi connectivity index (χ1v) is 19.6. The summed E-state index contributed by atoms with van der Waals surface area (Å²) in [5.74, 6) is 0.422. The Balaban J connectivity index is 1.68. The Hall–Kier alpha value is -4.00. The third-order valence-electron chi connectivity index (χ3n) is 8.89. The van der Waals surface area contributed by atoms with Gasteiger partial charge < -0.3 is 23.8 Å². The maximum Gasteiger partial charge on any atom is 0.325 e. The lowest BCUT2D eigenvalue weighted by Crippen LogP contribution is -2.36. The van der Waals surface area contributed by atoms with Gasteiger partial charge in [-0.3, -0.25) is 9.59 Å². The minimum Gasteiger partial charge on any atom is -0.493 e. The number of hydrogen-bond acceptors (Lipinski definition) is 7. The van der Waals surface area contributed by atoms with Crippen molar-refractivity contribution in [2.24, 2.45) is 0 Å². The van der Waals surface area contributed by atoms with E-state index in [4.69, 9.17) is 18.9 Å². The number of anilines is 1. The monoisotopic (exact) mass is 701 g/mol. The Morgan fingerprint density at radius 1 is 0.490 bits per heavy atom. The molecule has 0 atom stereocenters. The van der Waals surface area contributed by atoms with E-state index < -0.39 is 11.9 Å². The average molecular weight is 702 g/mol. The molecule has 0 radical (unpaired) electrons. The molecule has 7 nitrogen and oxygen atoms in total. The minimum absolute atomic E-state index is 0.133. The van der Waals surface area contributed by atoms with Crippen LogP contribution in [0, 0.1) is 0 Å². The molecule has 0 aliphatic rings. The molecule has 0 N–H and O–H groups in total. The van der Waals surface area contributed by atoms with Gasteiger partial charge in [0.15, 0.2) is 0 Å². The first-order chi connectivity index (χ1) is 25.1. The number of hydrogen-bond donors (Lipinski definition) is 0. The van der Waals surface area contributed by atoms with Gasteiger partial charge in [0.2, 0.25) is 0 Å². The second-order valence-electron chi connectivity index (χ2n) is 13.5. The van der Waals surface area contributed by atoms with Crippen molar-refractivity contribution in [1.29, 1.82) is 0 Å². The highest BCUT2D eigenvalue weighted by Crippen LogP contribution is 2.30. The maximum absolute atomic E-state index is 13.2. The molecule has 0 aliphatic carbocycles. The van der Waals surface area contributed by atoms with Crippen LogP contribution in [0.4, 0.5) is 5.69 Å². The number of unbranched alkanes of at least 4 members (excludes halogenated alkanes) is 14. The SMILES string of the molecule is CCCCCCCCCCOc1cc(OCCCCCCCCCC)cc(N(CC(=O)OCc2ccccc2)CC(=O)OCc2ccccc2)c1. The fraction of sp³-hybridized carbons (Fsp3) is 0.545. The molecule has 51 heavy (non-hydrogen) atoms. The Bertz CT molecular complexity index is 1230. The Labute approximate surface area is 308 Å². The van der Waals surface area contributed by atoms with Crippen molar-refractivity contribution in [3.05, 3.63) is 90.0 Å². The zero-order valence-electron chi connectivity index (χ0n) is 31.5. The molecule has 3 aromatic carbocycles. The van der Waals surface area contributed by atoms with E-state index in [0.29, 0.717) is 30.4 Å². The summed E-state index contributed by atoms with van der Waals surface area (Å²) in [6, 6.07) is 24.8. The van der Waals surface area contributed by atoms with E-state index in [1.165, 1.54) is 77.0 Å². The molecular weight excluding hydrogens is 638 g/mol. The van der Waals surface area contributed by atoms with Crippen LogP contribution < -0.4 is 14.4 Å². The summed E-state index contributed by atoms with van der Waals surface area (Å²) in [5.41, 5.74) is 2.43. The van der Waals surface area contributed by atoms with Crippen LogP contribution in [-0.4, -0.2) is 38.2 Å². The summed E-state index contributed by atoms with van der Waals surface area (Å²) < 4.78 is 23.8. The molecule has 0 aromatic heterocycles. The topological polar surface area (TPSA) is 74.3 Å². The number of nitrogens with zero attached hydrogens (tertiary/aromatic N) is 1. The molecule has 0 bridgehead atoms. The van der Waals surface area contributed by atoms with Crippen LogP contribution >= 0.6 is 0 Å². The van der Waals surface area contributed by atoms with Crippen molar-refractivity contribution in [3.8, 4) is 11.5 Å². The summed E-state index contributed by atoms with van der Waals surface area (Å²) in [7, 11) is 0. The zero-order valence-corrected chi connectivity index (χ0v) is 31.5. The summed E-state index contributed by atoms with van der Waals surface area (Å²) in [5, 5.41) is 0. The summed E-state index contributed by atoms with van der Waals surface area (Å²) in [6.45, 7) is 5.71. The second-order valence-corrected chi connectivity index (χ2v) is 13.5. The number of carbonyl (C=O) groups excluding carboxylic acids is 2. The highest BCUT2D eigenvalue weighted by Gasteiger charge is 2.20. The molecule has 0 heterocycles. The predicted molar refractivity (Wildman–Crippen MR) is 207 cm³/mol. The second kappa shape index (κ2) is 26.8. The fourth-order valence-corrected chi connectivity index (χ4v) is 5.88. The van der Waals surface area contributed by atoms with E-state index in [-0.39, 0.29) is 26.3 Å². The quantitative estimate of drug-likeness (QED) is 0.0527. The van der Waals surface area contributed by atoms with Gasteiger partial charge in [-0.15, -0.1) is 0 Å². The molecule has 0 fully saturated rings. The highest BCUT2D eigenvalue weighted by atomic mass is 16.5. The van der Waals surface area contributed by atoms with Crippen molar-refractivity contribution in [2.45, 2.75) is 130 Å². The summed E-state index contributed by atoms with van der Waals surface area (Å²) >= 11 is 0. The van der Waals surface area contributed by atoms with E-state index >= 15 is 0 Å². The molecule has 0 saturated carbocycles. The van der Waals surface area contributed by atoms with Crippen LogP contribution in [0.15, 0.2) is 78.9 Å². The molecular formula is C44H63NO6. The van der Waals surface area contributed by atoms with E-state index in [1.807, 2.05) is 78.9 Å². The molecule has 7 heteroatoms. The lowest BCUT2D eigenvalue weighted by molar-refractivity contribution is -0.144. The van der Waals surface area contributed by atoms with Crippen molar-refractivity contribution in [2.75, 3.05) is 31.2 Å². The first kappa shape index (κ1) is 41.4. The molecule has 0 aliphatic heterocycles. The van der Waals surface area contributed by atoms with Crippen molar-refractivity contribution in [1.82, 2.24) is 0 Å². The van der Waals surface area contributed by atoms with Crippen LogP contribution in [0.3, 0.4) is 0 Å². The average Bonchev–Trinajstić information content (AvgIpc) is 3.15. The zero-order chi connectivity index (χ0) is 36.2. The first-order valence-electron chi connectivity index (χ1n) is 19.6. The van der Waals surface area contributed by atoms with E-state index in [9.17, 15) is 9.59 Å². The Morgan fingerprint density at radius 2 is 0.863 bits per heavy atom. The molecule has 0 saturated heterocycles. The van der Waals surface area contributed by atoms with Crippen LogP contribution in [0.25, 0.3) is 0 Å². The Kier molecular flexibility index (Phi) is 21.7. The highest BCUT2D eigenvalue weighted by molar-refractivity contribution is 5.82. The normalized spacial score (nSPS) is 10.9. The van der Waals surface area contributed by atoms with Crippen LogP contribution in [0.5, 0.6) is 11.5 Å². The smallest absolute Gasteiger partial charge is 0.325 e. The van der Waals surface area contributed by atoms with Gasteiger partial charge >= 0.3 is 11.9 Å². The van der Waals surface area contributed by atoms with E-state index in [2.05, 4.69) is 13.8 Å². The summed E-state index contributed by atoms with van der Waals surface area (Å²) in [4.78, 5) is 28.0. The molecule has 280 valence electrons. The fourth-order valence-electron chi connectivity index (χ4n) is 5.88. The number of esters is 2. The van der Waals surface area contributed by atoms with Crippen molar-refractivity contribution < 1.29 is 28.5 Å². The Morgan fingerprint density at radius 3 is 1.25 bits per heavy atom. The minimum atomic E-state index is -0.443. The summed E-state index contributed by atoms with van der Waals surface area (Å²) in [6.07, 6.45) is 19.5. The van der Waals surface area contributed by atoms with Gasteiger partial charge in [0.05, 0.1) is 13.2 Å². The van der Waals surface area contributed by atoms with Gasteiger partial charge in [-0.25, -0.2) is 0 Å². The standard InChI is InChI=1S/C44H63NO6/c1-3-5-7-9-11-13-15-23-29-48-41-31-40(32-42(33-41)49-30-24-16-14-12-10-8-6-4-2)45(34-43(46)50-36-38-25-19-17-20-26-38)35-44(47)51-37-39-27-21-18-22-28-39/h17-22,25-28,31-33H,3-16,23-24,29-30,34-37H2,1-2H3. The van der Waals surface area contributed by atoms with Gasteiger partial charge in [-0.05, 0) is 24.0 Å². The molecule has 0 unspecified atom stereocenters. The van der Waals surface area contributed by atoms with Gasteiger partial charge in [0.25, 0.3) is 0 Å². The largest absolute Gasteiger partial charge is 0.493 e. The predicted octanol–water partition coefficient (Wildman–Crippen LogP) is 11.0. The number of benzene rings is 3. The van der Waals surface area contributed by atoms with Crippen molar-refractivity contribution in [3.63, 3.8) is 0 Å². The number of rotatable bonds is 29. The lowest BCUT2D eigenvalue weighted by Gasteiger charge is -2.24. The molecule has 0 spiro atoms. The van der Waals surface area contributed by atoms with E-state index in [0.717, 1.165) is 36.8 Å². The van der Waals surface area contributed by atoms with Gasteiger partial charge in [-0.2, -0.15) is 0 Å². The third-order valence-corrected chi connectivity index (χ3v) is 8.89. The lowest BCUT2D eigenvalue weighted by atomic mass is 10.1. The van der Waals surface area contributed by atoms with Crippen LogP contribution in [-0.2, 0) is 32.3 Å². The van der Waals surface area contributed by atoms with Crippen LogP contribution in [0.1, 0.15) is 128 Å². The maximum atomic E-state index is 13.2. The van der Waals surface area contributed by atoms with Crippen LogP contribution in [0.2, 0.25) is 0 Å². The number of ether oxygens (including phenoxy) is 4. The third kappa shape index (κ3) is 19.3. The van der Waals surface area contributed by atoms with Crippen molar-refractivity contribution >= 4 is 17.6 Å². The van der Waals surface area contributed by atoms with Gasteiger partial charge in [0, 0.05) is 23.9 Å². The molecule has 3 aromatic rings. The van der Waals surface area contributed by atoms with Gasteiger partial charge in [-0.1, -0.05) is 164 Å². The number of carbonyl (C=O) groups is 2. The molecule has 0 amide bonds. The van der Waals surface area contributed by atoms with Gasteiger partial charge in [0.1, 0.15) is 37.8 Å².